The Morgan fingerprint density at radius 1 is 1.05 bits per heavy atom. The number of thioether (sulfide) groups is 2. The minimum absolute atomic E-state index is 0.187. The first-order valence-electron chi connectivity index (χ1n) is 7.79. The third kappa shape index (κ3) is 8.44. The monoisotopic (exact) mass is 343 g/mol. The molecule has 0 bridgehead atoms. The fourth-order valence-corrected chi connectivity index (χ4v) is 3.93. The van der Waals surface area contributed by atoms with Gasteiger partial charge in [-0.2, -0.15) is 0 Å². The van der Waals surface area contributed by atoms with Gasteiger partial charge in [-0.1, -0.05) is 0 Å². The number of benzene rings is 1. The summed E-state index contributed by atoms with van der Waals surface area (Å²) in [5.74, 6) is 2.17. The van der Waals surface area contributed by atoms with E-state index in [0.29, 0.717) is 0 Å². The van der Waals surface area contributed by atoms with Crippen molar-refractivity contribution in [2.45, 2.75) is 42.0 Å². The Labute approximate surface area is 143 Å². The molecule has 0 aliphatic rings. The maximum absolute atomic E-state index is 6.01. The van der Waals surface area contributed by atoms with Crippen molar-refractivity contribution in [3.05, 3.63) is 23.8 Å². The molecule has 1 aromatic carbocycles. The zero-order chi connectivity index (χ0) is 16.2. The molecule has 1 aromatic rings. The van der Waals surface area contributed by atoms with Gasteiger partial charge in [0.1, 0.15) is 0 Å². The quantitative estimate of drug-likeness (QED) is 0.461. The molecule has 0 saturated carbocycles. The number of rotatable bonds is 12. The van der Waals surface area contributed by atoms with Gasteiger partial charge < -0.3 is 15.2 Å². The van der Waals surface area contributed by atoms with Crippen molar-refractivity contribution in [2.24, 2.45) is 5.73 Å². The topological polar surface area (TPSA) is 44.5 Å². The predicted molar refractivity (Wildman–Crippen MR) is 98.2 cm³/mol. The highest BCUT2D eigenvalue weighted by molar-refractivity contribution is 7.99. The highest BCUT2D eigenvalue weighted by Gasteiger charge is 2.08. The van der Waals surface area contributed by atoms with E-state index in [2.05, 4.69) is 25.1 Å². The molecular weight excluding hydrogens is 314 g/mol. The molecule has 22 heavy (non-hydrogen) atoms. The van der Waals surface area contributed by atoms with Crippen molar-refractivity contribution in [1.82, 2.24) is 0 Å². The predicted octanol–water partition coefficient (Wildman–Crippen LogP) is 3.83. The van der Waals surface area contributed by atoms with Crippen molar-refractivity contribution in [3.63, 3.8) is 0 Å². The van der Waals surface area contributed by atoms with Crippen molar-refractivity contribution in [1.29, 1.82) is 0 Å². The van der Waals surface area contributed by atoms with Crippen LogP contribution in [-0.2, 0) is 15.9 Å². The largest absolute Gasteiger partial charge is 0.385 e. The van der Waals surface area contributed by atoms with E-state index >= 15 is 0 Å². The summed E-state index contributed by atoms with van der Waals surface area (Å²) in [5, 5.41) is 0. The van der Waals surface area contributed by atoms with Gasteiger partial charge in [0.05, 0.1) is 0 Å². The molecule has 0 aliphatic carbocycles. The second-order valence-corrected chi connectivity index (χ2v) is 7.65. The molecule has 0 heterocycles. The van der Waals surface area contributed by atoms with Gasteiger partial charge in [-0.15, -0.1) is 23.5 Å². The highest BCUT2D eigenvalue weighted by atomic mass is 32.2. The summed E-state index contributed by atoms with van der Waals surface area (Å²) in [6.07, 6.45) is 3.09. The van der Waals surface area contributed by atoms with Gasteiger partial charge in [-0.3, -0.25) is 0 Å². The van der Waals surface area contributed by atoms with Gasteiger partial charge in [-0.25, -0.2) is 0 Å². The molecule has 5 heteroatoms. The Hall–Kier alpha value is -0.200. The van der Waals surface area contributed by atoms with Crippen molar-refractivity contribution >= 4 is 23.5 Å². The Bertz CT molecular complexity index is 414. The minimum atomic E-state index is 0.187. The van der Waals surface area contributed by atoms with E-state index < -0.39 is 0 Å². The van der Waals surface area contributed by atoms with E-state index in [1.807, 2.05) is 23.5 Å². The second-order valence-electron chi connectivity index (χ2n) is 5.34. The maximum Gasteiger partial charge on any atom is 0.0470 e. The van der Waals surface area contributed by atoms with Crippen LogP contribution in [0, 0.1) is 0 Å². The van der Waals surface area contributed by atoms with E-state index in [-0.39, 0.29) is 6.04 Å². The smallest absolute Gasteiger partial charge is 0.0470 e. The zero-order valence-electron chi connectivity index (χ0n) is 14.0. The van der Waals surface area contributed by atoms with Crippen LogP contribution in [0.1, 0.15) is 25.3 Å². The summed E-state index contributed by atoms with van der Waals surface area (Å²) in [6, 6.07) is 6.96. The van der Waals surface area contributed by atoms with Crippen molar-refractivity contribution in [3.8, 4) is 0 Å². The lowest BCUT2D eigenvalue weighted by atomic mass is 10.1. The maximum atomic E-state index is 6.01. The Balaban J connectivity index is 2.62. The number of ether oxygens (including phenoxy) is 2. The summed E-state index contributed by atoms with van der Waals surface area (Å²) in [6.45, 7) is 3.72. The first-order chi connectivity index (χ1) is 10.7. The molecule has 2 N–H and O–H groups in total. The van der Waals surface area contributed by atoms with E-state index in [1.165, 1.54) is 15.4 Å². The van der Waals surface area contributed by atoms with Crippen LogP contribution >= 0.6 is 23.5 Å². The average Bonchev–Trinajstić information content (AvgIpc) is 2.49. The summed E-state index contributed by atoms with van der Waals surface area (Å²) in [7, 11) is 3.50. The lowest BCUT2D eigenvalue weighted by Gasteiger charge is -2.13. The SMILES string of the molecule is COCCCSc1ccc(SCCCOC)c(C[C@@H](C)N)c1. The third-order valence-corrected chi connectivity index (χ3v) is 5.37. The Kier molecular flexibility index (Phi) is 11.1. The molecule has 3 nitrogen and oxygen atoms in total. The van der Waals surface area contributed by atoms with E-state index in [9.17, 15) is 0 Å². The van der Waals surface area contributed by atoms with Gasteiger partial charge in [-0.05, 0) is 49.9 Å². The van der Waals surface area contributed by atoms with Crippen LogP contribution in [-0.4, -0.2) is 45.0 Å². The molecule has 1 rings (SSSR count). The molecule has 0 amide bonds. The lowest BCUT2D eigenvalue weighted by Crippen LogP contribution is -2.18. The molecule has 0 aromatic heterocycles. The molecule has 1 atom stereocenters. The van der Waals surface area contributed by atoms with Gasteiger partial charge >= 0.3 is 0 Å². The molecule has 0 radical (unpaired) electrons. The van der Waals surface area contributed by atoms with Gasteiger partial charge in [0, 0.05) is 54.8 Å². The van der Waals surface area contributed by atoms with E-state index in [4.69, 9.17) is 15.2 Å². The Morgan fingerprint density at radius 3 is 2.27 bits per heavy atom. The minimum Gasteiger partial charge on any atom is -0.385 e. The van der Waals surface area contributed by atoms with Crippen LogP contribution in [0.2, 0.25) is 0 Å². The Morgan fingerprint density at radius 2 is 1.68 bits per heavy atom. The molecule has 0 fully saturated rings. The molecule has 0 unspecified atom stereocenters. The number of nitrogens with two attached hydrogens (primary N) is 1. The van der Waals surface area contributed by atoms with Crippen LogP contribution in [0.25, 0.3) is 0 Å². The van der Waals surface area contributed by atoms with Gasteiger partial charge in [0.15, 0.2) is 0 Å². The van der Waals surface area contributed by atoms with Crippen molar-refractivity contribution in [2.75, 3.05) is 38.9 Å². The fraction of sp³-hybridized carbons (Fsp3) is 0.647. The molecule has 0 spiro atoms. The van der Waals surface area contributed by atoms with Gasteiger partial charge in [0.25, 0.3) is 0 Å². The summed E-state index contributed by atoms with van der Waals surface area (Å²) < 4.78 is 10.2. The number of hydrogen-bond acceptors (Lipinski definition) is 5. The lowest BCUT2D eigenvalue weighted by molar-refractivity contribution is 0.200. The van der Waals surface area contributed by atoms with Crippen molar-refractivity contribution < 1.29 is 9.47 Å². The average molecular weight is 344 g/mol. The van der Waals surface area contributed by atoms with Crippen LogP contribution in [0.4, 0.5) is 0 Å². The summed E-state index contributed by atoms with van der Waals surface area (Å²) in [4.78, 5) is 2.68. The number of hydrogen-bond donors (Lipinski definition) is 1. The first kappa shape index (κ1) is 19.8. The molecular formula is C17H29NO2S2. The van der Waals surface area contributed by atoms with E-state index in [1.54, 1.807) is 14.2 Å². The van der Waals surface area contributed by atoms with Gasteiger partial charge in [0.2, 0.25) is 0 Å². The first-order valence-corrected chi connectivity index (χ1v) is 9.76. The number of methoxy groups -OCH3 is 2. The fourth-order valence-electron chi connectivity index (χ4n) is 2.07. The summed E-state index contributed by atoms with van der Waals surface area (Å²) in [5.41, 5.74) is 7.38. The second kappa shape index (κ2) is 12.3. The third-order valence-electron chi connectivity index (χ3n) is 3.09. The van der Waals surface area contributed by atoms with Crippen LogP contribution < -0.4 is 5.73 Å². The highest BCUT2D eigenvalue weighted by Crippen LogP contribution is 2.29. The molecule has 126 valence electrons. The normalized spacial score (nSPS) is 12.5. The van der Waals surface area contributed by atoms with Crippen LogP contribution in [0.3, 0.4) is 0 Å². The zero-order valence-corrected chi connectivity index (χ0v) is 15.6. The van der Waals surface area contributed by atoms with E-state index in [0.717, 1.165) is 44.0 Å². The van der Waals surface area contributed by atoms with Crippen LogP contribution in [0.5, 0.6) is 0 Å². The molecule has 0 saturated heterocycles. The molecule has 0 aliphatic heterocycles. The standard InChI is InChI=1S/C17H29NO2S2/c1-14(18)12-15-13-16(21-10-4-8-19-2)6-7-17(15)22-11-5-9-20-3/h6-7,13-14H,4-5,8-12,18H2,1-3H3/t14-/m1/s1. The summed E-state index contributed by atoms with van der Waals surface area (Å²) >= 11 is 3.80. The van der Waals surface area contributed by atoms with Crippen LogP contribution in [0.15, 0.2) is 28.0 Å².